The monoisotopic (exact) mass is 353 g/mol. The van der Waals surface area contributed by atoms with Crippen molar-refractivity contribution in [3.63, 3.8) is 0 Å². The van der Waals surface area contributed by atoms with Crippen LogP contribution in [0.4, 0.5) is 17.1 Å². The summed E-state index contributed by atoms with van der Waals surface area (Å²) in [4.78, 5) is 37.1. The predicted molar refractivity (Wildman–Crippen MR) is 103 cm³/mol. The maximum atomic E-state index is 12.4. The van der Waals surface area contributed by atoms with Crippen LogP contribution in [-0.4, -0.2) is 24.3 Å². The van der Waals surface area contributed by atoms with Gasteiger partial charge >= 0.3 is 0 Å². The number of hydrogen-bond donors (Lipinski definition) is 2. The van der Waals surface area contributed by atoms with Crippen molar-refractivity contribution in [3.05, 3.63) is 53.6 Å². The van der Waals surface area contributed by atoms with E-state index < -0.39 is 0 Å². The number of rotatable bonds is 5. The van der Waals surface area contributed by atoms with Crippen LogP contribution in [0.5, 0.6) is 0 Å². The molecule has 0 aliphatic heterocycles. The lowest BCUT2D eigenvalue weighted by Crippen LogP contribution is -2.37. The number of benzene rings is 2. The zero-order chi connectivity index (χ0) is 19.3. The van der Waals surface area contributed by atoms with Gasteiger partial charge in [-0.2, -0.15) is 0 Å². The van der Waals surface area contributed by atoms with E-state index in [0.717, 1.165) is 16.8 Å². The van der Waals surface area contributed by atoms with Gasteiger partial charge in [0.1, 0.15) is 6.54 Å². The summed E-state index contributed by atoms with van der Waals surface area (Å²) >= 11 is 0. The average molecular weight is 353 g/mol. The third kappa shape index (κ3) is 5.17. The Morgan fingerprint density at radius 3 is 2.19 bits per heavy atom. The van der Waals surface area contributed by atoms with Crippen LogP contribution in [0.15, 0.2) is 42.5 Å². The Bertz CT molecular complexity index is 846. The first-order chi connectivity index (χ1) is 12.3. The number of aryl methyl sites for hydroxylation is 2. The van der Waals surface area contributed by atoms with Gasteiger partial charge < -0.3 is 15.5 Å². The fourth-order valence-electron chi connectivity index (χ4n) is 2.60. The Hall–Kier alpha value is -3.15. The highest BCUT2D eigenvalue weighted by molar-refractivity contribution is 6.02. The van der Waals surface area contributed by atoms with E-state index >= 15 is 0 Å². The summed E-state index contributed by atoms with van der Waals surface area (Å²) in [7, 11) is 0. The molecule has 0 unspecified atom stereocenters. The number of amides is 3. The van der Waals surface area contributed by atoms with Crippen molar-refractivity contribution in [2.24, 2.45) is 0 Å². The number of nitrogens with zero attached hydrogens (tertiary/aromatic N) is 1. The summed E-state index contributed by atoms with van der Waals surface area (Å²) in [5.41, 5.74) is 3.80. The van der Waals surface area contributed by atoms with Gasteiger partial charge in [0.25, 0.3) is 0 Å². The number of anilines is 3. The summed E-state index contributed by atoms with van der Waals surface area (Å²) < 4.78 is 0. The minimum atomic E-state index is -0.318. The number of carbonyl (C=O) groups is 3. The lowest BCUT2D eigenvalue weighted by atomic mass is 10.1. The van der Waals surface area contributed by atoms with Gasteiger partial charge in [0.15, 0.2) is 0 Å². The molecule has 6 heteroatoms. The van der Waals surface area contributed by atoms with Crippen LogP contribution in [-0.2, 0) is 14.4 Å². The highest BCUT2D eigenvalue weighted by Gasteiger charge is 2.18. The van der Waals surface area contributed by atoms with Gasteiger partial charge in [0.2, 0.25) is 17.7 Å². The van der Waals surface area contributed by atoms with E-state index in [2.05, 4.69) is 10.6 Å². The molecule has 3 amide bonds. The second-order valence-corrected chi connectivity index (χ2v) is 6.21. The minimum absolute atomic E-state index is 0.0933. The second-order valence-electron chi connectivity index (χ2n) is 6.21. The third-order valence-electron chi connectivity index (χ3n) is 3.80. The molecule has 2 aromatic carbocycles. The molecule has 0 aliphatic carbocycles. The van der Waals surface area contributed by atoms with Gasteiger partial charge in [-0.15, -0.1) is 0 Å². The molecule has 0 aliphatic rings. The largest absolute Gasteiger partial charge is 0.326 e. The quantitative estimate of drug-likeness (QED) is 0.866. The summed E-state index contributed by atoms with van der Waals surface area (Å²) in [5.74, 6) is -0.715. The van der Waals surface area contributed by atoms with E-state index in [0.29, 0.717) is 11.4 Å². The van der Waals surface area contributed by atoms with E-state index in [-0.39, 0.29) is 24.3 Å². The standard InChI is InChI=1S/C20H23N3O3/c1-13-8-9-14(2)19(10-13)23(16(4)25)12-20(26)22-18-7-5-6-17(11-18)21-15(3)24/h5-11H,12H2,1-4H3,(H,21,24)(H,22,26). The molecule has 136 valence electrons. The van der Waals surface area contributed by atoms with Crippen LogP contribution in [0.1, 0.15) is 25.0 Å². The Balaban J connectivity index is 2.15. The molecular weight excluding hydrogens is 330 g/mol. The van der Waals surface area contributed by atoms with E-state index in [1.165, 1.54) is 18.7 Å². The third-order valence-corrected chi connectivity index (χ3v) is 3.80. The Kier molecular flexibility index (Phi) is 6.11. The molecule has 0 heterocycles. The molecule has 0 spiro atoms. The number of carbonyl (C=O) groups excluding carboxylic acids is 3. The topological polar surface area (TPSA) is 78.5 Å². The van der Waals surface area contributed by atoms with Crippen LogP contribution >= 0.6 is 0 Å². The summed E-state index contributed by atoms with van der Waals surface area (Å²) in [6.45, 7) is 6.60. The van der Waals surface area contributed by atoms with Gasteiger partial charge in [0, 0.05) is 30.9 Å². The van der Waals surface area contributed by atoms with E-state index in [1.54, 1.807) is 24.3 Å². The zero-order valence-electron chi connectivity index (χ0n) is 15.4. The SMILES string of the molecule is CC(=O)Nc1cccc(NC(=O)CN(C(C)=O)c2cc(C)ccc2C)c1. The van der Waals surface area contributed by atoms with Crippen molar-refractivity contribution in [2.75, 3.05) is 22.1 Å². The van der Waals surface area contributed by atoms with Crippen LogP contribution in [0, 0.1) is 13.8 Å². The van der Waals surface area contributed by atoms with E-state index in [1.807, 2.05) is 32.0 Å². The van der Waals surface area contributed by atoms with Crippen molar-refractivity contribution in [2.45, 2.75) is 27.7 Å². The number of hydrogen-bond acceptors (Lipinski definition) is 3. The molecule has 0 radical (unpaired) electrons. The van der Waals surface area contributed by atoms with Crippen LogP contribution in [0.2, 0.25) is 0 Å². The van der Waals surface area contributed by atoms with Crippen molar-refractivity contribution >= 4 is 34.8 Å². The molecule has 0 fully saturated rings. The van der Waals surface area contributed by atoms with Gasteiger partial charge in [0.05, 0.1) is 0 Å². The average Bonchev–Trinajstić information content (AvgIpc) is 2.54. The molecule has 0 bridgehead atoms. The van der Waals surface area contributed by atoms with Gasteiger partial charge in [-0.3, -0.25) is 14.4 Å². The minimum Gasteiger partial charge on any atom is -0.326 e. The predicted octanol–water partition coefficient (Wildman–Crippen LogP) is 3.25. The molecule has 2 N–H and O–H groups in total. The van der Waals surface area contributed by atoms with Crippen molar-refractivity contribution in [3.8, 4) is 0 Å². The summed E-state index contributed by atoms with van der Waals surface area (Å²) in [6.07, 6.45) is 0. The van der Waals surface area contributed by atoms with Crippen molar-refractivity contribution in [1.29, 1.82) is 0 Å². The van der Waals surface area contributed by atoms with E-state index in [4.69, 9.17) is 0 Å². The van der Waals surface area contributed by atoms with Crippen LogP contribution in [0.25, 0.3) is 0 Å². The summed E-state index contributed by atoms with van der Waals surface area (Å²) in [6, 6.07) is 12.6. The highest BCUT2D eigenvalue weighted by atomic mass is 16.2. The highest BCUT2D eigenvalue weighted by Crippen LogP contribution is 2.22. The lowest BCUT2D eigenvalue weighted by Gasteiger charge is -2.23. The molecule has 26 heavy (non-hydrogen) atoms. The van der Waals surface area contributed by atoms with Gasteiger partial charge in [-0.1, -0.05) is 18.2 Å². The fourth-order valence-corrected chi connectivity index (χ4v) is 2.60. The van der Waals surface area contributed by atoms with Crippen molar-refractivity contribution in [1.82, 2.24) is 0 Å². The van der Waals surface area contributed by atoms with Crippen LogP contribution < -0.4 is 15.5 Å². The molecule has 0 aromatic heterocycles. The fraction of sp³-hybridized carbons (Fsp3) is 0.250. The lowest BCUT2D eigenvalue weighted by molar-refractivity contribution is -0.120. The molecule has 0 atom stereocenters. The molecule has 0 saturated heterocycles. The molecular formula is C20H23N3O3. The Labute approximate surface area is 153 Å². The number of nitrogens with one attached hydrogen (secondary N) is 2. The first-order valence-electron chi connectivity index (χ1n) is 8.29. The smallest absolute Gasteiger partial charge is 0.244 e. The first-order valence-corrected chi connectivity index (χ1v) is 8.29. The molecule has 0 saturated carbocycles. The molecule has 2 rings (SSSR count). The summed E-state index contributed by atoms with van der Waals surface area (Å²) in [5, 5.41) is 5.42. The van der Waals surface area contributed by atoms with Gasteiger partial charge in [-0.05, 0) is 49.2 Å². The Morgan fingerprint density at radius 2 is 1.58 bits per heavy atom. The maximum Gasteiger partial charge on any atom is 0.244 e. The normalized spacial score (nSPS) is 10.2. The van der Waals surface area contributed by atoms with E-state index in [9.17, 15) is 14.4 Å². The second kappa shape index (κ2) is 8.29. The van der Waals surface area contributed by atoms with Crippen LogP contribution in [0.3, 0.4) is 0 Å². The Morgan fingerprint density at radius 1 is 0.923 bits per heavy atom. The maximum absolute atomic E-state index is 12.4. The molecule has 6 nitrogen and oxygen atoms in total. The first kappa shape index (κ1) is 19.2. The van der Waals surface area contributed by atoms with Gasteiger partial charge in [-0.25, -0.2) is 0 Å². The zero-order valence-corrected chi connectivity index (χ0v) is 15.4. The van der Waals surface area contributed by atoms with Crippen molar-refractivity contribution < 1.29 is 14.4 Å². The molecule has 2 aromatic rings.